The quantitative estimate of drug-likeness (QED) is 0.525. The highest BCUT2D eigenvalue weighted by Gasteiger charge is 2.23. The summed E-state index contributed by atoms with van der Waals surface area (Å²) in [6.45, 7) is 2.14. The van der Waals surface area contributed by atoms with E-state index in [0.29, 0.717) is 23.5 Å². The lowest BCUT2D eigenvalue weighted by molar-refractivity contribution is 0.102. The van der Waals surface area contributed by atoms with Gasteiger partial charge in [-0.05, 0) is 55.0 Å². The summed E-state index contributed by atoms with van der Waals surface area (Å²) in [7, 11) is 1.60. The van der Waals surface area contributed by atoms with Crippen LogP contribution in [0.4, 0.5) is 15.9 Å². The van der Waals surface area contributed by atoms with Crippen LogP contribution in [-0.4, -0.2) is 42.2 Å². The van der Waals surface area contributed by atoms with Crippen LogP contribution in [0.5, 0.6) is 11.5 Å². The zero-order valence-corrected chi connectivity index (χ0v) is 17.7. The summed E-state index contributed by atoms with van der Waals surface area (Å²) >= 11 is 0. The Bertz CT molecular complexity index is 1090. The van der Waals surface area contributed by atoms with Gasteiger partial charge in [-0.15, -0.1) is 0 Å². The van der Waals surface area contributed by atoms with E-state index in [1.54, 1.807) is 37.4 Å². The molecular weight excluding hydrogens is 411 g/mol. The monoisotopic (exact) mass is 436 g/mol. The van der Waals surface area contributed by atoms with Gasteiger partial charge < -0.3 is 25.4 Å². The summed E-state index contributed by atoms with van der Waals surface area (Å²) in [6, 6.07) is 14.7. The van der Waals surface area contributed by atoms with Gasteiger partial charge in [0.05, 0.1) is 12.7 Å². The molecule has 3 N–H and O–H groups in total. The molecule has 2 aromatic carbocycles. The predicted octanol–water partition coefficient (Wildman–Crippen LogP) is 3.56. The molecular formula is C24H25FN4O3. The highest BCUT2D eigenvalue weighted by Crippen LogP contribution is 2.24. The number of aromatic hydroxyl groups is 1. The fourth-order valence-corrected chi connectivity index (χ4v) is 3.70. The number of nitrogens with one attached hydrogen (secondary N) is 2. The van der Waals surface area contributed by atoms with Crippen molar-refractivity contribution >= 4 is 17.4 Å². The van der Waals surface area contributed by atoms with E-state index in [4.69, 9.17) is 4.74 Å². The molecule has 0 spiro atoms. The zero-order chi connectivity index (χ0) is 22.5. The molecule has 1 amide bonds. The van der Waals surface area contributed by atoms with E-state index in [0.717, 1.165) is 30.9 Å². The Kier molecular flexibility index (Phi) is 6.51. The highest BCUT2D eigenvalue weighted by atomic mass is 19.1. The molecule has 1 unspecified atom stereocenters. The van der Waals surface area contributed by atoms with Gasteiger partial charge in [0.1, 0.15) is 23.1 Å². The number of carbonyl (C=O) groups is 1. The smallest absolute Gasteiger partial charge is 0.257 e. The maximum atomic E-state index is 13.3. The number of hydrogen-bond donors (Lipinski definition) is 3. The van der Waals surface area contributed by atoms with E-state index >= 15 is 0 Å². The average Bonchev–Trinajstić information content (AvgIpc) is 3.28. The molecule has 1 aliphatic heterocycles. The van der Waals surface area contributed by atoms with Crippen LogP contribution in [0.1, 0.15) is 22.3 Å². The van der Waals surface area contributed by atoms with Gasteiger partial charge in [-0.3, -0.25) is 4.79 Å². The number of hydrogen-bond acceptors (Lipinski definition) is 6. The maximum absolute atomic E-state index is 13.3. The predicted molar refractivity (Wildman–Crippen MR) is 121 cm³/mol. The number of nitrogens with zero attached hydrogens (tertiary/aromatic N) is 2. The topological polar surface area (TPSA) is 86.7 Å². The van der Waals surface area contributed by atoms with Crippen LogP contribution in [0.15, 0.2) is 60.8 Å². The molecule has 1 aliphatic rings. The fraction of sp³-hybridized carbons (Fsp3) is 0.250. The van der Waals surface area contributed by atoms with Crippen molar-refractivity contribution in [1.82, 2.24) is 10.3 Å². The number of carbonyl (C=O) groups excluding carboxylic acids is 1. The first-order chi connectivity index (χ1) is 15.5. The average molecular weight is 436 g/mol. The Labute approximate surface area is 185 Å². The van der Waals surface area contributed by atoms with Crippen LogP contribution >= 0.6 is 0 Å². The second-order valence-corrected chi connectivity index (χ2v) is 7.68. The van der Waals surface area contributed by atoms with Crippen molar-refractivity contribution in [3.8, 4) is 11.5 Å². The number of rotatable bonds is 7. The minimum absolute atomic E-state index is 0.238. The molecule has 8 heteroatoms. The van der Waals surface area contributed by atoms with E-state index in [2.05, 4.69) is 20.5 Å². The summed E-state index contributed by atoms with van der Waals surface area (Å²) in [6.07, 6.45) is 2.47. The molecule has 1 atom stereocenters. The third-order valence-electron chi connectivity index (χ3n) is 5.47. The first kappa shape index (κ1) is 21.6. The van der Waals surface area contributed by atoms with E-state index in [1.807, 2.05) is 12.1 Å². The van der Waals surface area contributed by atoms with Crippen molar-refractivity contribution in [2.24, 2.45) is 0 Å². The van der Waals surface area contributed by atoms with E-state index in [-0.39, 0.29) is 17.7 Å². The molecule has 2 heterocycles. The zero-order valence-electron chi connectivity index (χ0n) is 17.7. The molecule has 3 aromatic rings. The van der Waals surface area contributed by atoms with Crippen molar-refractivity contribution in [1.29, 1.82) is 0 Å². The largest absolute Gasteiger partial charge is 0.508 e. The first-order valence-corrected chi connectivity index (χ1v) is 10.4. The molecule has 0 saturated carbocycles. The number of phenolic OH excluding ortho intramolecular Hbond substituents is 1. The Morgan fingerprint density at radius 2 is 2.12 bits per heavy atom. The normalized spacial score (nSPS) is 15.6. The molecule has 1 saturated heterocycles. The number of methoxy groups -OCH3 is 1. The molecule has 1 aromatic heterocycles. The van der Waals surface area contributed by atoms with Crippen molar-refractivity contribution in [2.75, 3.05) is 30.4 Å². The number of benzene rings is 2. The lowest BCUT2D eigenvalue weighted by Gasteiger charge is -2.18. The molecule has 4 rings (SSSR count). The van der Waals surface area contributed by atoms with Gasteiger partial charge in [-0.25, -0.2) is 9.37 Å². The summed E-state index contributed by atoms with van der Waals surface area (Å²) in [5.41, 5.74) is 1.59. The summed E-state index contributed by atoms with van der Waals surface area (Å²) < 4.78 is 18.5. The second-order valence-electron chi connectivity index (χ2n) is 7.68. The number of anilines is 2. The van der Waals surface area contributed by atoms with Crippen molar-refractivity contribution in [3.63, 3.8) is 0 Å². The third-order valence-corrected chi connectivity index (χ3v) is 5.47. The van der Waals surface area contributed by atoms with Crippen molar-refractivity contribution < 1.29 is 19.0 Å². The molecule has 7 nitrogen and oxygen atoms in total. The standard InChI is InChI=1S/C24H25FN4O3/c1-32-21-6-7-22(30)17(11-21)14-26-20-9-10-29(15-20)23-8-5-16(13-27-23)24(31)28-19-4-2-3-18(25)12-19/h2-8,11-13,20,26,30H,9-10,14-15H2,1H3,(H,28,31). The van der Waals surface area contributed by atoms with Crippen LogP contribution in [-0.2, 0) is 6.54 Å². The lowest BCUT2D eigenvalue weighted by atomic mass is 10.1. The number of aromatic nitrogens is 1. The van der Waals surface area contributed by atoms with E-state index < -0.39 is 5.82 Å². The summed E-state index contributed by atoms with van der Waals surface area (Å²) in [5.74, 6) is 0.991. The SMILES string of the molecule is COc1ccc(O)c(CNC2CCN(c3ccc(C(=O)Nc4cccc(F)c4)cn3)C2)c1. The summed E-state index contributed by atoms with van der Waals surface area (Å²) in [5, 5.41) is 16.2. The molecule has 1 fully saturated rings. The van der Waals surface area contributed by atoms with Crippen molar-refractivity contribution in [3.05, 3.63) is 77.7 Å². The van der Waals surface area contributed by atoms with Crippen LogP contribution in [0, 0.1) is 5.82 Å². The molecule has 32 heavy (non-hydrogen) atoms. The molecule has 0 bridgehead atoms. The molecule has 0 aliphatic carbocycles. The van der Waals surface area contributed by atoms with Gasteiger partial charge in [-0.2, -0.15) is 0 Å². The van der Waals surface area contributed by atoms with Crippen LogP contribution in [0.25, 0.3) is 0 Å². The van der Waals surface area contributed by atoms with E-state index in [1.165, 1.54) is 18.3 Å². The number of amides is 1. The highest BCUT2D eigenvalue weighted by molar-refractivity contribution is 6.04. The van der Waals surface area contributed by atoms with E-state index in [9.17, 15) is 14.3 Å². The van der Waals surface area contributed by atoms with Crippen LogP contribution < -0.4 is 20.3 Å². The summed E-state index contributed by atoms with van der Waals surface area (Å²) in [4.78, 5) is 19.0. The van der Waals surface area contributed by atoms with Crippen LogP contribution in [0.3, 0.4) is 0 Å². The maximum Gasteiger partial charge on any atom is 0.257 e. The Hall–Kier alpha value is -3.65. The minimum Gasteiger partial charge on any atom is -0.508 e. The number of phenols is 1. The van der Waals surface area contributed by atoms with Crippen molar-refractivity contribution in [2.45, 2.75) is 19.0 Å². The second kappa shape index (κ2) is 9.65. The van der Waals surface area contributed by atoms with Gasteiger partial charge in [0.25, 0.3) is 5.91 Å². The Balaban J connectivity index is 1.32. The number of ether oxygens (including phenoxy) is 1. The molecule has 0 radical (unpaired) electrons. The minimum atomic E-state index is -0.407. The van der Waals surface area contributed by atoms with Crippen LogP contribution in [0.2, 0.25) is 0 Å². The Morgan fingerprint density at radius 3 is 2.88 bits per heavy atom. The van der Waals surface area contributed by atoms with Gasteiger partial charge in [0, 0.05) is 43.1 Å². The third kappa shape index (κ3) is 5.15. The van der Waals surface area contributed by atoms with Gasteiger partial charge >= 0.3 is 0 Å². The molecule has 166 valence electrons. The first-order valence-electron chi connectivity index (χ1n) is 10.4. The van der Waals surface area contributed by atoms with Gasteiger partial charge in [0.2, 0.25) is 0 Å². The fourth-order valence-electron chi connectivity index (χ4n) is 3.70. The van der Waals surface area contributed by atoms with Gasteiger partial charge in [0.15, 0.2) is 0 Å². The number of pyridine rings is 1. The number of halogens is 1. The van der Waals surface area contributed by atoms with Gasteiger partial charge in [-0.1, -0.05) is 6.07 Å². The Morgan fingerprint density at radius 1 is 1.25 bits per heavy atom. The lowest BCUT2D eigenvalue weighted by Crippen LogP contribution is -2.32.